The maximum absolute atomic E-state index is 13.3. The second kappa shape index (κ2) is 4.25. The van der Waals surface area contributed by atoms with Crippen molar-refractivity contribution in [1.29, 1.82) is 0 Å². The lowest BCUT2D eigenvalue weighted by Gasteiger charge is -2.13. The van der Waals surface area contributed by atoms with Gasteiger partial charge in [0.2, 0.25) is 5.91 Å². The van der Waals surface area contributed by atoms with Crippen LogP contribution < -0.4 is 11.1 Å². The number of primary amides is 1. The van der Waals surface area contributed by atoms with Gasteiger partial charge in [0.25, 0.3) is 0 Å². The molecule has 5 heteroatoms. The minimum Gasteiger partial charge on any atom is -0.371 e. The molecule has 1 aromatic carbocycles. The van der Waals surface area contributed by atoms with Crippen molar-refractivity contribution < 1.29 is 13.6 Å². The molecule has 0 spiro atoms. The van der Waals surface area contributed by atoms with E-state index in [1.807, 2.05) is 0 Å². The summed E-state index contributed by atoms with van der Waals surface area (Å²) in [5.41, 5.74) is 5.13. The molecule has 0 aliphatic heterocycles. The fourth-order valence-corrected chi connectivity index (χ4v) is 1.06. The van der Waals surface area contributed by atoms with E-state index in [9.17, 15) is 13.6 Å². The quantitative estimate of drug-likeness (QED) is 0.802. The molecule has 1 amide bonds. The number of anilines is 1. The highest BCUT2D eigenvalue weighted by Gasteiger charge is 2.12. The number of nitrogens with two attached hydrogens (primary N) is 1. The lowest BCUT2D eigenvalue weighted by atomic mass is 10.2. The molecule has 15 heavy (non-hydrogen) atoms. The number of benzene rings is 1. The number of aryl methyl sites for hydroxylation is 1. The maximum Gasteiger partial charge on any atom is 0.239 e. The van der Waals surface area contributed by atoms with Gasteiger partial charge in [-0.2, -0.15) is 0 Å². The van der Waals surface area contributed by atoms with Gasteiger partial charge >= 0.3 is 0 Å². The van der Waals surface area contributed by atoms with Crippen LogP contribution in [0.4, 0.5) is 14.5 Å². The number of amides is 1. The van der Waals surface area contributed by atoms with Crippen LogP contribution >= 0.6 is 0 Å². The second-order valence-electron chi connectivity index (χ2n) is 3.35. The Labute approximate surface area is 86.3 Å². The number of halogens is 2. The summed E-state index contributed by atoms with van der Waals surface area (Å²) in [4.78, 5) is 10.7. The highest BCUT2D eigenvalue weighted by Crippen LogP contribution is 2.19. The van der Waals surface area contributed by atoms with Crippen molar-refractivity contribution in [2.75, 3.05) is 5.32 Å². The molecule has 0 heterocycles. The van der Waals surface area contributed by atoms with Crippen LogP contribution in [0.3, 0.4) is 0 Å². The van der Waals surface area contributed by atoms with Crippen molar-refractivity contribution in [2.45, 2.75) is 19.9 Å². The summed E-state index contributed by atoms with van der Waals surface area (Å²) in [7, 11) is 0. The number of carbonyl (C=O) groups excluding carboxylic acids is 1. The van der Waals surface area contributed by atoms with Crippen molar-refractivity contribution in [1.82, 2.24) is 0 Å². The topological polar surface area (TPSA) is 55.1 Å². The van der Waals surface area contributed by atoms with Crippen LogP contribution in [-0.4, -0.2) is 11.9 Å². The van der Waals surface area contributed by atoms with E-state index in [-0.39, 0.29) is 11.3 Å². The molecule has 0 bridgehead atoms. The molecule has 1 atom stereocenters. The van der Waals surface area contributed by atoms with Crippen molar-refractivity contribution in [3.05, 3.63) is 29.3 Å². The fraction of sp³-hybridized carbons (Fsp3) is 0.300. The van der Waals surface area contributed by atoms with Gasteiger partial charge in [0.05, 0.1) is 5.69 Å². The van der Waals surface area contributed by atoms with E-state index in [2.05, 4.69) is 5.32 Å². The van der Waals surface area contributed by atoms with Crippen LogP contribution in [0.1, 0.15) is 12.5 Å². The van der Waals surface area contributed by atoms with E-state index < -0.39 is 23.6 Å². The summed E-state index contributed by atoms with van der Waals surface area (Å²) in [5, 5.41) is 2.49. The average Bonchev–Trinajstić information content (AvgIpc) is 2.13. The van der Waals surface area contributed by atoms with Crippen LogP contribution in [0.25, 0.3) is 0 Å². The van der Waals surface area contributed by atoms with E-state index in [1.165, 1.54) is 13.8 Å². The van der Waals surface area contributed by atoms with E-state index in [1.54, 1.807) is 0 Å². The van der Waals surface area contributed by atoms with Crippen molar-refractivity contribution in [3.8, 4) is 0 Å². The largest absolute Gasteiger partial charge is 0.371 e. The van der Waals surface area contributed by atoms with Gasteiger partial charge in [0.15, 0.2) is 0 Å². The summed E-state index contributed by atoms with van der Waals surface area (Å²) < 4.78 is 26.4. The highest BCUT2D eigenvalue weighted by atomic mass is 19.1. The van der Waals surface area contributed by atoms with Gasteiger partial charge in [-0.25, -0.2) is 8.78 Å². The van der Waals surface area contributed by atoms with Crippen LogP contribution in [0.15, 0.2) is 12.1 Å². The third-order valence-electron chi connectivity index (χ3n) is 2.05. The SMILES string of the molecule is Cc1cc(F)c(NC(C)C(N)=O)cc1F. The van der Waals surface area contributed by atoms with Gasteiger partial charge in [-0.1, -0.05) is 0 Å². The molecule has 0 radical (unpaired) electrons. The highest BCUT2D eigenvalue weighted by molar-refractivity contribution is 5.82. The maximum atomic E-state index is 13.3. The first-order valence-corrected chi connectivity index (χ1v) is 4.43. The van der Waals surface area contributed by atoms with Gasteiger partial charge < -0.3 is 11.1 Å². The van der Waals surface area contributed by atoms with E-state index in [0.717, 1.165) is 12.1 Å². The minimum atomic E-state index is -0.749. The molecule has 3 nitrogen and oxygen atoms in total. The Morgan fingerprint density at radius 3 is 2.53 bits per heavy atom. The summed E-state index contributed by atoms with van der Waals surface area (Å²) in [6.07, 6.45) is 0. The average molecular weight is 214 g/mol. The number of hydrogen-bond donors (Lipinski definition) is 2. The zero-order chi connectivity index (χ0) is 11.6. The molecule has 0 fully saturated rings. The third-order valence-corrected chi connectivity index (χ3v) is 2.05. The Balaban J connectivity index is 2.95. The second-order valence-corrected chi connectivity index (χ2v) is 3.35. The Morgan fingerprint density at radius 1 is 1.40 bits per heavy atom. The van der Waals surface area contributed by atoms with Gasteiger partial charge in [-0.15, -0.1) is 0 Å². The summed E-state index contributed by atoms with van der Waals surface area (Å²) in [6, 6.07) is 1.32. The van der Waals surface area contributed by atoms with Gasteiger partial charge in [-0.05, 0) is 25.5 Å². The van der Waals surface area contributed by atoms with Crippen LogP contribution in [-0.2, 0) is 4.79 Å². The molecule has 3 N–H and O–H groups in total. The number of nitrogens with one attached hydrogen (secondary N) is 1. The molecule has 1 rings (SSSR count). The van der Waals surface area contributed by atoms with Crippen LogP contribution in [0, 0.1) is 18.6 Å². The number of rotatable bonds is 3. The zero-order valence-electron chi connectivity index (χ0n) is 8.47. The molecule has 0 saturated carbocycles. The predicted molar refractivity (Wildman–Crippen MR) is 53.4 cm³/mol. The monoisotopic (exact) mass is 214 g/mol. The lowest BCUT2D eigenvalue weighted by Crippen LogP contribution is -2.32. The fourth-order valence-electron chi connectivity index (χ4n) is 1.06. The zero-order valence-corrected chi connectivity index (χ0v) is 8.47. The first-order valence-electron chi connectivity index (χ1n) is 4.43. The number of carbonyl (C=O) groups is 1. The van der Waals surface area contributed by atoms with Crippen molar-refractivity contribution in [3.63, 3.8) is 0 Å². The molecule has 0 aliphatic carbocycles. The smallest absolute Gasteiger partial charge is 0.239 e. The molecule has 0 aliphatic rings. The summed E-state index contributed by atoms with van der Waals surface area (Å²) in [6.45, 7) is 2.93. The van der Waals surface area contributed by atoms with Gasteiger partial charge in [-0.3, -0.25) is 4.79 Å². The van der Waals surface area contributed by atoms with E-state index in [4.69, 9.17) is 5.73 Å². The summed E-state index contributed by atoms with van der Waals surface area (Å²) >= 11 is 0. The molecule has 82 valence electrons. The Kier molecular flexibility index (Phi) is 3.24. The Bertz CT molecular complexity index is 393. The lowest BCUT2D eigenvalue weighted by molar-refractivity contribution is -0.118. The minimum absolute atomic E-state index is 0.0654. The van der Waals surface area contributed by atoms with Crippen molar-refractivity contribution in [2.24, 2.45) is 5.73 Å². The van der Waals surface area contributed by atoms with E-state index in [0.29, 0.717) is 0 Å². The first-order chi connectivity index (χ1) is 6.91. The molecule has 0 saturated heterocycles. The molecule has 1 unspecified atom stereocenters. The first kappa shape index (κ1) is 11.4. The van der Waals surface area contributed by atoms with Gasteiger partial charge in [0, 0.05) is 6.07 Å². The Hall–Kier alpha value is -1.65. The van der Waals surface area contributed by atoms with Crippen LogP contribution in [0.5, 0.6) is 0 Å². The Morgan fingerprint density at radius 2 is 2.00 bits per heavy atom. The molecular weight excluding hydrogens is 202 g/mol. The standard InChI is InChI=1S/C10H12F2N2O/c1-5-3-8(12)9(4-7(5)11)14-6(2)10(13)15/h3-4,6,14H,1-2H3,(H2,13,15). The third kappa shape index (κ3) is 2.65. The molecule has 1 aromatic rings. The number of hydrogen-bond acceptors (Lipinski definition) is 2. The predicted octanol–water partition coefficient (Wildman–Crippen LogP) is 1.56. The molecular formula is C10H12F2N2O. The summed E-state index contributed by atoms with van der Waals surface area (Å²) in [5.74, 6) is -1.77. The van der Waals surface area contributed by atoms with Crippen molar-refractivity contribution >= 4 is 11.6 Å². The van der Waals surface area contributed by atoms with Crippen LogP contribution in [0.2, 0.25) is 0 Å². The van der Waals surface area contributed by atoms with Gasteiger partial charge in [0.1, 0.15) is 17.7 Å². The van der Waals surface area contributed by atoms with E-state index >= 15 is 0 Å². The molecule has 0 aromatic heterocycles. The normalized spacial score (nSPS) is 12.3.